The molecule has 0 saturated heterocycles. The highest BCUT2D eigenvalue weighted by Crippen LogP contribution is 2.34. The van der Waals surface area contributed by atoms with Crippen molar-refractivity contribution in [1.29, 1.82) is 0 Å². The zero-order valence-electron chi connectivity index (χ0n) is 8.68. The fraction of sp³-hybridized carbons (Fsp3) is 0. The molecular formula is C12H9Br2IN2. The second-order valence-electron chi connectivity index (χ2n) is 3.45. The summed E-state index contributed by atoms with van der Waals surface area (Å²) >= 11 is 9.26. The Hall–Kier alpha value is -0.270. The van der Waals surface area contributed by atoms with E-state index in [-0.39, 0.29) is 0 Å². The van der Waals surface area contributed by atoms with Crippen molar-refractivity contribution in [2.45, 2.75) is 0 Å². The van der Waals surface area contributed by atoms with Gasteiger partial charge in [-0.15, -0.1) is 0 Å². The molecule has 2 nitrogen and oxygen atoms in total. The van der Waals surface area contributed by atoms with Gasteiger partial charge in [-0.25, -0.2) is 0 Å². The number of hydrogen-bond acceptors (Lipinski definition) is 2. The Labute approximate surface area is 130 Å². The monoisotopic (exact) mass is 466 g/mol. The summed E-state index contributed by atoms with van der Waals surface area (Å²) in [5.41, 5.74) is 8.58. The Balaban J connectivity index is 2.38. The van der Waals surface area contributed by atoms with Crippen LogP contribution in [0.4, 0.5) is 17.1 Å². The van der Waals surface area contributed by atoms with Crippen molar-refractivity contribution >= 4 is 71.5 Å². The van der Waals surface area contributed by atoms with Gasteiger partial charge in [0.15, 0.2) is 0 Å². The Morgan fingerprint density at radius 3 is 2.29 bits per heavy atom. The lowest BCUT2D eigenvalue weighted by Crippen LogP contribution is -1.98. The number of nitrogen functional groups attached to an aromatic ring is 1. The maximum absolute atomic E-state index is 5.97. The third-order valence-corrected chi connectivity index (χ3v) is 4.23. The van der Waals surface area contributed by atoms with E-state index < -0.39 is 0 Å². The molecule has 5 heteroatoms. The van der Waals surface area contributed by atoms with Crippen molar-refractivity contribution in [2.24, 2.45) is 0 Å². The molecule has 3 N–H and O–H groups in total. The number of hydrogen-bond donors (Lipinski definition) is 2. The largest absolute Gasteiger partial charge is 0.397 e. The quantitative estimate of drug-likeness (QED) is 0.474. The van der Waals surface area contributed by atoms with Gasteiger partial charge in [0.2, 0.25) is 0 Å². The summed E-state index contributed by atoms with van der Waals surface area (Å²) in [6, 6.07) is 11.9. The first-order chi connectivity index (χ1) is 8.08. The lowest BCUT2D eigenvalue weighted by molar-refractivity contribution is 1.49. The minimum atomic E-state index is 0.736. The lowest BCUT2D eigenvalue weighted by Gasteiger charge is -2.12. The highest BCUT2D eigenvalue weighted by molar-refractivity contribution is 14.1. The van der Waals surface area contributed by atoms with Gasteiger partial charge in [0.1, 0.15) is 0 Å². The summed E-state index contributed by atoms with van der Waals surface area (Å²) in [7, 11) is 0. The molecule has 0 aromatic heterocycles. The third kappa shape index (κ3) is 3.14. The molecular weight excluding hydrogens is 459 g/mol. The number of nitrogens with one attached hydrogen (secondary N) is 1. The normalized spacial score (nSPS) is 10.3. The smallest absolute Gasteiger partial charge is 0.0673 e. The first kappa shape index (κ1) is 13.2. The molecule has 0 fully saturated rings. The van der Waals surface area contributed by atoms with Gasteiger partial charge in [0.25, 0.3) is 0 Å². The Kier molecular flexibility index (Phi) is 4.32. The molecule has 0 saturated carbocycles. The maximum atomic E-state index is 5.97. The zero-order valence-corrected chi connectivity index (χ0v) is 14.0. The number of nitrogens with two attached hydrogens (primary N) is 1. The maximum Gasteiger partial charge on any atom is 0.0673 e. The van der Waals surface area contributed by atoms with Gasteiger partial charge in [-0.3, -0.25) is 0 Å². The summed E-state index contributed by atoms with van der Waals surface area (Å²) < 4.78 is 3.10. The minimum Gasteiger partial charge on any atom is -0.397 e. The van der Waals surface area contributed by atoms with Gasteiger partial charge in [-0.2, -0.15) is 0 Å². The second-order valence-corrected chi connectivity index (χ2v) is 6.41. The van der Waals surface area contributed by atoms with Crippen LogP contribution >= 0.6 is 54.5 Å². The molecule has 0 aliphatic carbocycles. The van der Waals surface area contributed by atoms with E-state index in [1.165, 1.54) is 0 Å². The van der Waals surface area contributed by atoms with Crippen molar-refractivity contribution < 1.29 is 0 Å². The first-order valence-corrected chi connectivity index (χ1v) is 7.50. The molecule has 0 amide bonds. The van der Waals surface area contributed by atoms with Gasteiger partial charge in [0, 0.05) is 12.5 Å². The molecule has 0 spiro atoms. The van der Waals surface area contributed by atoms with Crippen LogP contribution in [0.1, 0.15) is 0 Å². The van der Waals surface area contributed by atoms with E-state index in [0.717, 1.165) is 29.6 Å². The minimum absolute atomic E-state index is 0.736. The number of halogens is 3. The summed E-state index contributed by atoms with van der Waals surface area (Å²) in [5.74, 6) is 0. The van der Waals surface area contributed by atoms with Crippen LogP contribution in [0.2, 0.25) is 0 Å². The van der Waals surface area contributed by atoms with Crippen LogP contribution in [0.25, 0.3) is 0 Å². The van der Waals surface area contributed by atoms with Gasteiger partial charge >= 0.3 is 0 Å². The summed E-state index contributed by atoms with van der Waals surface area (Å²) in [6.45, 7) is 0. The summed E-state index contributed by atoms with van der Waals surface area (Å²) in [6.07, 6.45) is 0. The van der Waals surface area contributed by atoms with E-state index in [1.54, 1.807) is 0 Å². The molecule has 0 heterocycles. The molecule has 2 aromatic rings. The second kappa shape index (κ2) is 5.58. The predicted molar refractivity (Wildman–Crippen MR) is 88.7 cm³/mol. The summed E-state index contributed by atoms with van der Waals surface area (Å²) in [5, 5.41) is 3.31. The first-order valence-electron chi connectivity index (χ1n) is 4.84. The average molecular weight is 468 g/mol. The van der Waals surface area contributed by atoms with Crippen LogP contribution in [-0.4, -0.2) is 0 Å². The summed E-state index contributed by atoms with van der Waals surface area (Å²) in [4.78, 5) is 0. The fourth-order valence-corrected chi connectivity index (χ4v) is 3.11. The predicted octanol–water partition coefficient (Wildman–Crippen LogP) is 5.14. The van der Waals surface area contributed by atoms with Crippen molar-refractivity contribution in [3.05, 3.63) is 48.9 Å². The Bertz CT molecular complexity index is 538. The Morgan fingerprint density at radius 1 is 1.06 bits per heavy atom. The highest BCUT2D eigenvalue weighted by Gasteiger charge is 2.06. The van der Waals surface area contributed by atoms with E-state index >= 15 is 0 Å². The van der Waals surface area contributed by atoms with E-state index in [9.17, 15) is 0 Å². The van der Waals surface area contributed by atoms with Crippen molar-refractivity contribution in [2.75, 3.05) is 11.1 Å². The van der Waals surface area contributed by atoms with Crippen molar-refractivity contribution in [3.8, 4) is 0 Å². The number of para-hydroxylation sites is 1. The lowest BCUT2D eigenvalue weighted by atomic mass is 10.2. The molecule has 0 atom stereocenters. The molecule has 0 unspecified atom stereocenters. The van der Waals surface area contributed by atoms with Crippen LogP contribution in [-0.2, 0) is 0 Å². The van der Waals surface area contributed by atoms with Crippen molar-refractivity contribution in [3.63, 3.8) is 0 Å². The van der Waals surface area contributed by atoms with E-state index in [0.29, 0.717) is 0 Å². The number of rotatable bonds is 2. The molecule has 2 rings (SSSR count). The van der Waals surface area contributed by atoms with Crippen LogP contribution in [0.3, 0.4) is 0 Å². The SMILES string of the molecule is Nc1cc(I)ccc1Nc1c(Br)cccc1Br. The molecule has 88 valence electrons. The van der Waals surface area contributed by atoms with E-state index in [4.69, 9.17) is 5.73 Å². The van der Waals surface area contributed by atoms with Gasteiger partial charge < -0.3 is 11.1 Å². The van der Waals surface area contributed by atoms with Gasteiger partial charge in [0.05, 0.1) is 17.1 Å². The van der Waals surface area contributed by atoms with Gasteiger partial charge in [-0.05, 0) is 84.8 Å². The molecule has 2 aromatic carbocycles. The number of anilines is 3. The number of benzene rings is 2. The molecule has 17 heavy (non-hydrogen) atoms. The molecule has 0 aliphatic rings. The van der Waals surface area contributed by atoms with Crippen LogP contribution in [0, 0.1) is 3.57 Å². The van der Waals surface area contributed by atoms with E-state index in [2.05, 4.69) is 59.8 Å². The standard InChI is InChI=1S/C12H9Br2IN2/c13-8-2-1-3-9(14)12(8)17-11-5-4-7(15)6-10(11)16/h1-6,17H,16H2. The fourth-order valence-electron chi connectivity index (χ4n) is 1.40. The highest BCUT2D eigenvalue weighted by atomic mass is 127. The average Bonchev–Trinajstić information content (AvgIpc) is 2.26. The van der Waals surface area contributed by atoms with Crippen LogP contribution in [0.5, 0.6) is 0 Å². The molecule has 0 bridgehead atoms. The zero-order chi connectivity index (χ0) is 12.4. The molecule has 0 aliphatic heterocycles. The van der Waals surface area contributed by atoms with Crippen LogP contribution < -0.4 is 11.1 Å². The topological polar surface area (TPSA) is 38.0 Å². The van der Waals surface area contributed by atoms with Crippen molar-refractivity contribution in [1.82, 2.24) is 0 Å². The third-order valence-electron chi connectivity index (χ3n) is 2.24. The Morgan fingerprint density at radius 2 is 1.71 bits per heavy atom. The van der Waals surface area contributed by atoms with Gasteiger partial charge in [-0.1, -0.05) is 6.07 Å². The van der Waals surface area contributed by atoms with E-state index in [1.807, 2.05) is 36.4 Å². The van der Waals surface area contributed by atoms with Crippen LogP contribution in [0.15, 0.2) is 45.3 Å². The molecule has 0 radical (unpaired) electrons.